The number of halogens is 1. The summed E-state index contributed by atoms with van der Waals surface area (Å²) in [5.74, 6) is 0.507. The molecule has 0 spiro atoms. The number of hydrogen-bond acceptors (Lipinski definition) is 6. The maximum Gasteiger partial charge on any atom is 0.266 e. The highest BCUT2D eigenvalue weighted by Crippen LogP contribution is 2.23. The molecule has 2 heterocycles. The third kappa shape index (κ3) is 7.13. The molecular formula is C26H31FN4O3S. The van der Waals surface area contributed by atoms with E-state index in [1.165, 1.54) is 23.9 Å². The molecule has 35 heavy (non-hydrogen) atoms. The summed E-state index contributed by atoms with van der Waals surface area (Å²) in [6.45, 7) is 4.91. The Morgan fingerprint density at radius 3 is 2.63 bits per heavy atom. The van der Waals surface area contributed by atoms with Crippen molar-refractivity contribution in [2.24, 2.45) is 0 Å². The summed E-state index contributed by atoms with van der Waals surface area (Å²) in [5.41, 5.74) is 1.07. The molecule has 9 heteroatoms. The average molecular weight is 499 g/mol. The van der Waals surface area contributed by atoms with Crippen LogP contribution in [-0.4, -0.2) is 65.5 Å². The van der Waals surface area contributed by atoms with E-state index in [4.69, 9.17) is 9.72 Å². The maximum absolute atomic E-state index is 13.4. The molecule has 1 aliphatic rings. The van der Waals surface area contributed by atoms with Gasteiger partial charge in [-0.15, -0.1) is 0 Å². The van der Waals surface area contributed by atoms with Crippen LogP contribution in [0.1, 0.15) is 25.7 Å². The lowest BCUT2D eigenvalue weighted by Crippen LogP contribution is -2.41. The zero-order valence-corrected chi connectivity index (χ0v) is 20.6. The first-order valence-electron chi connectivity index (χ1n) is 12.1. The number of carbonyl (C=O) groups excluding carboxylic acids is 1. The summed E-state index contributed by atoms with van der Waals surface area (Å²) >= 11 is 1.51. The van der Waals surface area contributed by atoms with E-state index in [2.05, 4.69) is 10.2 Å². The molecule has 3 aromatic rings. The van der Waals surface area contributed by atoms with Crippen LogP contribution in [0.5, 0.6) is 0 Å². The van der Waals surface area contributed by atoms with E-state index in [0.29, 0.717) is 34.7 Å². The average Bonchev–Trinajstić information content (AvgIpc) is 2.88. The number of unbranched alkanes of at least 4 members (excludes halogenated alkanes) is 2. The van der Waals surface area contributed by atoms with Crippen molar-refractivity contribution in [1.29, 1.82) is 0 Å². The first-order chi connectivity index (χ1) is 17.1. The van der Waals surface area contributed by atoms with Crippen LogP contribution in [0.3, 0.4) is 0 Å². The Morgan fingerprint density at radius 1 is 1.06 bits per heavy atom. The molecule has 0 radical (unpaired) electrons. The van der Waals surface area contributed by atoms with Crippen molar-refractivity contribution < 1.29 is 13.9 Å². The predicted octanol–water partition coefficient (Wildman–Crippen LogP) is 3.63. The number of carbonyl (C=O) groups is 1. The van der Waals surface area contributed by atoms with Crippen molar-refractivity contribution >= 4 is 28.6 Å². The second-order valence-corrected chi connectivity index (χ2v) is 9.55. The molecule has 1 saturated heterocycles. The molecule has 4 rings (SSSR count). The third-order valence-electron chi connectivity index (χ3n) is 5.96. The minimum absolute atomic E-state index is 0.0901. The first-order valence-corrected chi connectivity index (χ1v) is 13.1. The second-order valence-electron chi connectivity index (χ2n) is 8.49. The molecule has 0 atom stereocenters. The van der Waals surface area contributed by atoms with Crippen LogP contribution >= 0.6 is 11.8 Å². The van der Waals surface area contributed by atoms with Crippen molar-refractivity contribution in [3.05, 3.63) is 64.7 Å². The van der Waals surface area contributed by atoms with Crippen molar-refractivity contribution in [1.82, 2.24) is 19.8 Å². The van der Waals surface area contributed by atoms with Crippen LogP contribution in [0, 0.1) is 5.82 Å². The number of nitrogens with one attached hydrogen (secondary N) is 1. The molecule has 0 saturated carbocycles. The zero-order valence-electron chi connectivity index (χ0n) is 19.7. The van der Waals surface area contributed by atoms with Gasteiger partial charge in [-0.2, -0.15) is 0 Å². The summed E-state index contributed by atoms with van der Waals surface area (Å²) < 4.78 is 20.3. The highest BCUT2D eigenvalue weighted by atomic mass is 32.2. The van der Waals surface area contributed by atoms with Gasteiger partial charge in [0.25, 0.3) is 5.56 Å². The topological polar surface area (TPSA) is 76.5 Å². The van der Waals surface area contributed by atoms with Gasteiger partial charge in [0.1, 0.15) is 5.82 Å². The van der Waals surface area contributed by atoms with Crippen molar-refractivity contribution in [3.63, 3.8) is 0 Å². The monoisotopic (exact) mass is 498 g/mol. The highest BCUT2D eigenvalue weighted by Gasteiger charge is 2.14. The van der Waals surface area contributed by atoms with Gasteiger partial charge < -0.3 is 10.1 Å². The minimum atomic E-state index is -0.352. The van der Waals surface area contributed by atoms with Crippen LogP contribution in [0.4, 0.5) is 4.39 Å². The molecule has 186 valence electrons. The fraction of sp³-hybridized carbons (Fsp3) is 0.423. The summed E-state index contributed by atoms with van der Waals surface area (Å²) in [4.78, 5) is 32.3. The number of benzene rings is 2. The standard InChI is InChI=1S/C26H31FN4O3S/c27-20-9-11-21(12-10-20)31-25(33)22-6-3-4-7-23(22)29-26(31)35-19-5-1-2-8-24(32)28-13-14-30-15-17-34-18-16-30/h3-4,6-7,9-12H,1-2,5,8,13-19H2,(H,28,32). The summed E-state index contributed by atoms with van der Waals surface area (Å²) in [6, 6.07) is 13.1. The van der Waals surface area contributed by atoms with E-state index in [9.17, 15) is 14.0 Å². The molecule has 1 aliphatic heterocycles. The number of ether oxygens (including phenoxy) is 1. The van der Waals surface area contributed by atoms with Crippen LogP contribution in [-0.2, 0) is 9.53 Å². The first kappa shape index (κ1) is 25.3. The van der Waals surface area contributed by atoms with E-state index in [1.807, 2.05) is 18.2 Å². The predicted molar refractivity (Wildman–Crippen MR) is 137 cm³/mol. The Hall–Kier alpha value is -2.75. The van der Waals surface area contributed by atoms with Gasteiger partial charge in [0.2, 0.25) is 5.91 Å². The zero-order chi connectivity index (χ0) is 24.5. The van der Waals surface area contributed by atoms with Gasteiger partial charge in [0.05, 0.1) is 29.8 Å². The number of amides is 1. The Kier molecular flexibility index (Phi) is 9.28. The molecule has 0 aliphatic carbocycles. The number of hydrogen-bond donors (Lipinski definition) is 1. The lowest BCUT2D eigenvalue weighted by molar-refractivity contribution is -0.121. The molecule has 0 bridgehead atoms. The van der Waals surface area contributed by atoms with E-state index in [0.717, 1.165) is 57.9 Å². The maximum atomic E-state index is 13.4. The van der Waals surface area contributed by atoms with Crippen molar-refractivity contribution in [2.75, 3.05) is 45.1 Å². The fourth-order valence-corrected chi connectivity index (χ4v) is 5.03. The molecule has 7 nitrogen and oxygen atoms in total. The van der Waals surface area contributed by atoms with Crippen molar-refractivity contribution in [3.8, 4) is 5.69 Å². The van der Waals surface area contributed by atoms with Gasteiger partial charge >= 0.3 is 0 Å². The lowest BCUT2D eigenvalue weighted by Gasteiger charge is -2.26. The SMILES string of the molecule is O=C(CCCCCSc1nc2ccccc2c(=O)n1-c1ccc(F)cc1)NCCN1CCOCC1. The van der Waals surface area contributed by atoms with E-state index in [1.54, 1.807) is 22.8 Å². The summed E-state index contributed by atoms with van der Waals surface area (Å²) in [5, 5.41) is 4.11. The molecule has 2 aromatic carbocycles. The summed E-state index contributed by atoms with van der Waals surface area (Å²) in [7, 11) is 0. The van der Waals surface area contributed by atoms with Gasteiger partial charge in [-0.1, -0.05) is 30.3 Å². The van der Waals surface area contributed by atoms with Gasteiger partial charge in [-0.05, 0) is 49.2 Å². The van der Waals surface area contributed by atoms with Crippen molar-refractivity contribution in [2.45, 2.75) is 30.8 Å². The Balaban J connectivity index is 1.26. The van der Waals surface area contributed by atoms with Crippen LogP contribution in [0.2, 0.25) is 0 Å². The van der Waals surface area contributed by atoms with E-state index < -0.39 is 0 Å². The van der Waals surface area contributed by atoms with E-state index in [-0.39, 0.29) is 17.3 Å². The number of rotatable bonds is 11. The molecule has 1 N–H and O–H groups in total. The Morgan fingerprint density at radius 2 is 1.83 bits per heavy atom. The van der Waals surface area contributed by atoms with Crippen LogP contribution in [0.25, 0.3) is 16.6 Å². The number of para-hydroxylation sites is 1. The lowest BCUT2D eigenvalue weighted by atomic mass is 10.2. The molecule has 1 amide bonds. The fourth-order valence-electron chi connectivity index (χ4n) is 4.02. The van der Waals surface area contributed by atoms with Gasteiger partial charge in [-0.3, -0.25) is 19.1 Å². The Bertz CT molecular complexity index is 1180. The van der Waals surface area contributed by atoms with E-state index >= 15 is 0 Å². The van der Waals surface area contributed by atoms with Gasteiger partial charge in [-0.25, -0.2) is 9.37 Å². The highest BCUT2D eigenvalue weighted by molar-refractivity contribution is 7.99. The third-order valence-corrected chi connectivity index (χ3v) is 6.99. The van der Waals surface area contributed by atoms with Gasteiger partial charge in [0, 0.05) is 38.4 Å². The van der Waals surface area contributed by atoms with Crippen LogP contribution < -0.4 is 10.9 Å². The second kappa shape index (κ2) is 12.8. The summed E-state index contributed by atoms with van der Waals surface area (Å²) in [6.07, 6.45) is 3.15. The Labute approximate surface area is 208 Å². The van der Waals surface area contributed by atoms with Gasteiger partial charge in [0.15, 0.2) is 5.16 Å². The minimum Gasteiger partial charge on any atom is -0.379 e. The largest absolute Gasteiger partial charge is 0.379 e. The molecule has 1 fully saturated rings. The molecular weight excluding hydrogens is 467 g/mol. The number of morpholine rings is 1. The number of aromatic nitrogens is 2. The normalized spacial score (nSPS) is 14.3. The van der Waals surface area contributed by atoms with Crippen LogP contribution in [0.15, 0.2) is 58.5 Å². The molecule has 0 unspecified atom stereocenters. The molecule has 1 aromatic heterocycles. The number of thioether (sulfide) groups is 1. The quantitative estimate of drug-likeness (QED) is 0.247. The number of fused-ring (bicyclic) bond motifs is 1. The smallest absolute Gasteiger partial charge is 0.266 e. The number of nitrogens with zero attached hydrogens (tertiary/aromatic N) is 3.